The van der Waals surface area contributed by atoms with Crippen molar-refractivity contribution in [1.82, 2.24) is 20.6 Å². The van der Waals surface area contributed by atoms with Gasteiger partial charge in [0.15, 0.2) is 0 Å². The van der Waals surface area contributed by atoms with Crippen LogP contribution in [0.2, 0.25) is 0 Å². The summed E-state index contributed by atoms with van der Waals surface area (Å²) in [6.45, 7) is 7.84. The van der Waals surface area contributed by atoms with E-state index in [1.54, 1.807) is 16.4 Å². The summed E-state index contributed by atoms with van der Waals surface area (Å²) in [4.78, 5) is 24.5. The minimum absolute atomic E-state index is 0.0729. The molecule has 0 bridgehead atoms. The Kier molecular flexibility index (Phi) is 7.26. The predicted octanol–water partition coefficient (Wildman–Crippen LogP) is 2.61. The lowest BCUT2D eigenvalue weighted by molar-refractivity contribution is -0.129. The smallest absolute Gasteiger partial charge is 0.260 e. The molecule has 1 heterocycles. The number of hydrazine groups is 1. The van der Waals surface area contributed by atoms with Gasteiger partial charge in [0.05, 0.1) is 10.9 Å². The fourth-order valence-corrected chi connectivity index (χ4v) is 3.70. The molecule has 2 amide bonds. The summed E-state index contributed by atoms with van der Waals surface area (Å²) in [5.41, 5.74) is 7.97. The number of hydrogen-bond donors (Lipinski definition) is 2. The number of hydrogen-bond acceptors (Lipinski definition) is 4. The highest BCUT2D eigenvalue weighted by Gasteiger charge is 2.23. The van der Waals surface area contributed by atoms with Gasteiger partial charge in [-0.25, -0.2) is 0 Å². The van der Waals surface area contributed by atoms with E-state index in [4.69, 9.17) is 0 Å². The Labute approximate surface area is 158 Å². The molecule has 1 unspecified atom stereocenters. The highest BCUT2D eigenvalue weighted by atomic mass is 32.2. The average molecular weight is 375 g/mol. The number of carbonyl (C=O) groups excluding carboxylic acids is 2. The summed E-state index contributed by atoms with van der Waals surface area (Å²) in [5.74, 6) is 0.399. The van der Waals surface area contributed by atoms with E-state index in [9.17, 15) is 9.59 Å². The van der Waals surface area contributed by atoms with Crippen LogP contribution < -0.4 is 10.9 Å². The van der Waals surface area contributed by atoms with Crippen LogP contribution >= 0.6 is 11.8 Å². The zero-order chi connectivity index (χ0) is 19.1. The molecule has 0 radical (unpaired) electrons. The van der Waals surface area contributed by atoms with Crippen LogP contribution in [0.25, 0.3) is 0 Å². The van der Waals surface area contributed by atoms with Crippen molar-refractivity contribution in [2.24, 2.45) is 5.92 Å². The van der Waals surface area contributed by atoms with Gasteiger partial charge in [0.25, 0.3) is 11.8 Å². The van der Waals surface area contributed by atoms with E-state index in [0.717, 1.165) is 17.1 Å². The van der Waals surface area contributed by atoms with Gasteiger partial charge in [-0.05, 0) is 31.4 Å². The van der Waals surface area contributed by atoms with Crippen molar-refractivity contribution in [2.75, 3.05) is 0 Å². The highest BCUT2D eigenvalue weighted by molar-refractivity contribution is 7.99. The maximum Gasteiger partial charge on any atom is 0.260 e. The van der Waals surface area contributed by atoms with Gasteiger partial charge in [0, 0.05) is 11.4 Å². The van der Waals surface area contributed by atoms with E-state index < -0.39 is 0 Å². The van der Waals surface area contributed by atoms with Gasteiger partial charge >= 0.3 is 0 Å². The van der Waals surface area contributed by atoms with E-state index in [-0.39, 0.29) is 29.5 Å². The van der Waals surface area contributed by atoms with Crippen molar-refractivity contribution in [1.29, 1.82) is 0 Å². The lowest BCUT2D eigenvalue weighted by Crippen LogP contribution is -2.48. The second-order valence-electron chi connectivity index (χ2n) is 6.58. The first-order valence-corrected chi connectivity index (χ1v) is 9.67. The van der Waals surface area contributed by atoms with Crippen LogP contribution in [0.4, 0.5) is 0 Å². The Morgan fingerprint density at radius 3 is 2.42 bits per heavy atom. The van der Waals surface area contributed by atoms with Crippen molar-refractivity contribution in [3.8, 4) is 0 Å². The van der Waals surface area contributed by atoms with E-state index in [2.05, 4.69) is 16.0 Å². The van der Waals surface area contributed by atoms with Gasteiger partial charge < -0.3 is 0 Å². The van der Waals surface area contributed by atoms with Crippen LogP contribution in [-0.4, -0.2) is 26.8 Å². The molecule has 0 saturated carbocycles. The predicted molar refractivity (Wildman–Crippen MR) is 104 cm³/mol. The van der Waals surface area contributed by atoms with Gasteiger partial charge in [-0.15, -0.1) is 11.8 Å². The first-order valence-electron chi connectivity index (χ1n) is 8.62. The molecule has 0 saturated heterocycles. The van der Waals surface area contributed by atoms with Crippen molar-refractivity contribution in [2.45, 2.75) is 45.2 Å². The summed E-state index contributed by atoms with van der Waals surface area (Å²) in [7, 11) is 0. The molecule has 2 aromatic rings. The van der Waals surface area contributed by atoms with Crippen molar-refractivity contribution in [3.05, 3.63) is 53.3 Å². The minimum Gasteiger partial charge on any atom is -0.272 e. The summed E-state index contributed by atoms with van der Waals surface area (Å²) in [6.07, 6.45) is 0. The fourth-order valence-electron chi connectivity index (χ4n) is 2.54. The van der Waals surface area contributed by atoms with Gasteiger partial charge in [0.1, 0.15) is 6.54 Å². The molecule has 140 valence electrons. The molecule has 0 aliphatic carbocycles. The zero-order valence-electron chi connectivity index (χ0n) is 15.7. The number of carbonyl (C=O) groups is 2. The molecule has 2 N–H and O–H groups in total. The number of aromatic nitrogens is 2. The van der Waals surface area contributed by atoms with Crippen molar-refractivity contribution >= 4 is 23.6 Å². The van der Waals surface area contributed by atoms with E-state index >= 15 is 0 Å². The first kappa shape index (κ1) is 20.0. The van der Waals surface area contributed by atoms with Crippen LogP contribution in [0.3, 0.4) is 0 Å². The van der Waals surface area contributed by atoms with Crippen LogP contribution in [0.1, 0.15) is 30.8 Å². The van der Waals surface area contributed by atoms with Crippen molar-refractivity contribution < 1.29 is 9.59 Å². The summed E-state index contributed by atoms with van der Waals surface area (Å²) < 4.78 is 1.61. The van der Waals surface area contributed by atoms with E-state index in [1.807, 2.05) is 64.1 Å². The SMILES string of the molecule is Cc1cc(C)n(CC(=O)NNC(=O)C(SCc2ccccc2)C(C)C)n1. The van der Waals surface area contributed by atoms with Crippen LogP contribution in [0.15, 0.2) is 36.4 Å². The molecule has 0 fully saturated rings. The molecular formula is C19H26N4O2S. The lowest BCUT2D eigenvalue weighted by atomic mass is 10.1. The van der Waals surface area contributed by atoms with Gasteiger partial charge in [-0.2, -0.15) is 5.10 Å². The molecule has 1 aromatic carbocycles. The fraction of sp³-hybridized carbons (Fsp3) is 0.421. The van der Waals surface area contributed by atoms with Gasteiger partial charge in [-0.3, -0.25) is 25.1 Å². The minimum atomic E-state index is -0.305. The molecule has 0 aliphatic rings. The molecule has 0 spiro atoms. The number of benzene rings is 1. The Bertz CT molecular complexity index is 743. The van der Waals surface area contributed by atoms with Crippen molar-refractivity contribution in [3.63, 3.8) is 0 Å². The number of nitrogens with zero attached hydrogens (tertiary/aromatic N) is 2. The lowest BCUT2D eigenvalue weighted by Gasteiger charge is -2.20. The Balaban J connectivity index is 1.84. The topological polar surface area (TPSA) is 76.0 Å². The molecule has 26 heavy (non-hydrogen) atoms. The molecule has 6 nitrogen and oxygen atoms in total. The number of aryl methyl sites for hydroxylation is 2. The number of thioether (sulfide) groups is 1. The maximum atomic E-state index is 12.5. The first-order chi connectivity index (χ1) is 12.4. The van der Waals surface area contributed by atoms with Gasteiger partial charge in [-0.1, -0.05) is 44.2 Å². The standard InChI is InChI=1S/C19H26N4O2S/c1-13(2)18(26-12-16-8-6-5-7-9-16)19(25)21-20-17(24)11-23-15(4)10-14(3)22-23/h5-10,13,18H,11-12H2,1-4H3,(H,20,24)(H,21,25). The highest BCUT2D eigenvalue weighted by Crippen LogP contribution is 2.23. The van der Waals surface area contributed by atoms with E-state index in [0.29, 0.717) is 0 Å². The average Bonchev–Trinajstić information content (AvgIpc) is 2.91. The number of nitrogens with one attached hydrogen (secondary N) is 2. The molecule has 0 aliphatic heterocycles. The Hall–Kier alpha value is -2.28. The molecule has 1 atom stereocenters. The third-order valence-electron chi connectivity index (χ3n) is 3.86. The molecular weight excluding hydrogens is 348 g/mol. The maximum absolute atomic E-state index is 12.5. The largest absolute Gasteiger partial charge is 0.272 e. The Morgan fingerprint density at radius 2 is 1.85 bits per heavy atom. The normalized spacial score (nSPS) is 12.0. The Morgan fingerprint density at radius 1 is 1.15 bits per heavy atom. The number of amides is 2. The summed E-state index contributed by atoms with van der Waals surface area (Å²) in [6, 6.07) is 11.9. The second kappa shape index (κ2) is 9.43. The third-order valence-corrected chi connectivity index (χ3v) is 5.48. The zero-order valence-corrected chi connectivity index (χ0v) is 16.5. The monoisotopic (exact) mass is 374 g/mol. The quantitative estimate of drug-likeness (QED) is 0.731. The third kappa shape index (κ3) is 5.91. The summed E-state index contributed by atoms with van der Waals surface area (Å²) >= 11 is 1.57. The molecule has 2 rings (SSSR count). The van der Waals surface area contributed by atoms with Gasteiger partial charge in [0.2, 0.25) is 0 Å². The van der Waals surface area contributed by atoms with Crippen LogP contribution in [0, 0.1) is 19.8 Å². The van der Waals surface area contributed by atoms with Crippen LogP contribution in [0.5, 0.6) is 0 Å². The van der Waals surface area contributed by atoms with E-state index in [1.165, 1.54) is 5.56 Å². The second-order valence-corrected chi connectivity index (χ2v) is 7.71. The molecule has 1 aromatic heterocycles. The summed E-state index contributed by atoms with van der Waals surface area (Å²) in [5, 5.41) is 4.00. The molecule has 7 heteroatoms. The number of rotatable bonds is 7. The van der Waals surface area contributed by atoms with Crippen LogP contribution in [-0.2, 0) is 21.9 Å².